The highest BCUT2D eigenvalue weighted by atomic mass is 32.1. The Kier molecular flexibility index (Phi) is 4.55. The van der Waals surface area contributed by atoms with Gasteiger partial charge in [-0.1, -0.05) is 23.8 Å². The number of thiazole rings is 1. The summed E-state index contributed by atoms with van der Waals surface area (Å²) in [6.07, 6.45) is 0.491. The molecule has 2 aromatic rings. The van der Waals surface area contributed by atoms with Crippen molar-refractivity contribution in [3.05, 3.63) is 40.9 Å². The van der Waals surface area contributed by atoms with Crippen molar-refractivity contribution < 1.29 is 9.53 Å². The van der Waals surface area contributed by atoms with Gasteiger partial charge < -0.3 is 9.64 Å². The van der Waals surface area contributed by atoms with Crippen LogP contribution in [0.5, 0.6) is 0 Å². The number of ether oxygens (including phenoxy) is 1. The van der Waals surface area contributed by atoms with Gasteiger partial charge in [0.1, 0.15) is 5.01 Å². The van der Waals surface area contributed by atoms with Crippen LogP contribution in [0.15, 0.2) is 29.6 Å². The number of carbonyl (C=O) groups excluding carboxylic acids is 1. The summed E-state index contributed by atoms with van der Waals surface area (Å²) in [5, 5.41) is 2.96. The van der Waals surface area contributed by atoms with Crippen LogP contribution in [0.1, 0.15) is 18.2 Å². The van der Waals surface area contributed by atoms with Gasteiger partial charge in [-0.15, -0.1) is 11.3 Å². The van der Waals surface area contributed by atoms with E-state index in [0.29, 0.717) is 26.1 Å². The molecule has 4 nitrogen and oxygen atoms in total. The van der Waals surface area contributed by atoms with Crippen molar-refractivity contribution in [2.45, 2.75) is 26.4 Å². The van der Waals surface area contributed by atoms with Crippen LogP contribution in [0.4, 0.5) is 0 Å². The van der Waals surface area contributed by atoms with E-state index in [1.165, 1.54) is 5.56 Å². The standard InChI is InChI=1S/C17H20N2O2S/c1-12-4-3-5-14(8-12)17-18-15(11-22-17)9-16(20)19-6-7-21-13(2)10-19/h3-5,8,11,13H,6-7,9-10H2,1-2H3. The first-order valence-electron chi connectivity index (χ1n) is 7.52. The quantitative estimate of drug-likeness (QED) is 0.874. The lowest BCUT2D eigenvalue weighted by atomic mass is 10.1. The van der Waals surface area contributed by atoms with Gasteiger partial charge in [0.05, 0.1) is 24.8 Å². The maximum absolute atomic E-state index is 12.3. The van der Waals surface area contributed by atoms with E-state index >= 15 is 0 Å². The predicted molar refractivity (Wildman–Crippen MR) is 88.0 cm³/mol. The number of rotatable bonds is 3. The van der Waals surface area contributed by atoms with Gasteiger partial charge in [-0.05, 0) is 19.9 Å². The highest BCUT2D eigenvalue weighted by Crippen LogP contribution is 2.24. The largest absolute Gasteiger partial charge is 0.375 e. The molecule has 3 rings (SSSR count). The van der Waals surface area contributed by atoms with Crippen molar-refractivity contribution >= 4 is 17.2 Å². The van der Waals surface area contributed by atoms with E-state index in [1.54, 1.807) is 11.3 Å². The maximum atomic E-state index is 12.3. The van der Waals surface area contributed by atoms with Crippen LogP contribution >= 0.6 is 11.3 Å². The number of aryl methyl sites for hydroxylation is 1. The molecular formula is C17H20N2O2S. The molecular weight excluding hydrogens is 296 g/mol. The molecule has 1 aliphatic rings. The summed E-state index contributed by atoms with van der Waals surface area (Å²) in [7, 11) is 0. The third-order valence-corrected chi connectivity index (χ3v) is 4.68. The molecule has 1 fully saturated rings. The molecule has 0 saturated carbocycles. The fourth-order valence-corrected chi connectivity index (χ4v) is 3.43. The minimum atomic E-state index is 0.121. The Hall–Kier alpha value is -1.72. The highest BCUT2D eigenvalue weighted by molar-refractivity contribution is 7.13. The number of hydrogen-bond donors (Lipinski definition) is 0. The summed E-state index contributed by atoms with van der Waals surface area (Å²) >= 11 is 1.59. The third-order valence-electron chi connectivity index (χ3n) is 3.74. The molecule has 5 heteroatoms. The van der Waals surface area contributed by atoms with E-state index < -0.39 is 0 Å². The van der Waals surface area contributed by atoms with E-state index in [2.05, 4.69) is 30.1 Å². The van der Waals surface area contributed by atoms with Gasteiger partial charge in [0.25, 0.3) is 0 Å². The molecule has 0 spiro atoms. The summed E-state index contributed by atoms with van der Waals surface area (Å²) < 4.78 is 5.47. The lowest BCUT2D eigenvalue weighted by Gasteiger charge is -2.31. The first-order valence-corrected chi connectivity index (χ1v) is 8.40. The second kappa shape index (κ2) is 6.58. The molecule has 0 aliphatic carbocycles. The van der Waals surface area contributed by atoms with Gasteiger partial charge in [-0.25, -0.2) is 4.98 Å². The average Bonchev–Trinajstić information content (AvgIpc) is 2.96. The van der Waals surface area contributed by atoms with E-state index in [-0.39, 0.29) is 12.0 Å². The van der Waals surface area contributed by atoms with E-state index in [1.807, 2.05) is 23.3 Å². The zero-order valence-corrected chi connectivity index (χ0v) is 13.7. The molecule has 116 valence electrons. The molecule has 2 heterocycles. The Morgan fingerprint density at radius 2 is 2.36 bits per heavy atom. The molecule has 1 aromatic heterocycles. The Bertz CT molecular complexity index is 668. The van der Waals surface area contributed by atoms with Gasteiger partial charge in [0.2, 0.25) is 5.91 Å². The molecule has 1 aliphatic heterocycles. The number of amides is 1. The van der Waals surface area contributed by atoms with Crippen molar-refractivity contribution in [3.63, 3.8) is 0 Å². The van der Waals surface area contributed by atoms with Crippen molar-refractivity contribution in [2.75, 3.05) is 19.7 Å². The van der Waals surface area contributed by atoms with Crippen LogP contribution in [-0.4, -0.2) is 41.6 Å². The number of hydrogen-bond acceptors (Lipinski definition) is 4. The summed E-state index contributed by atoms with van der Waals surface area (Å²) in [4.78, 5) is 18.8. The summed E-state index contributed by atoms with van der Waals surface area (Å²) in [6, 6.07) is 8.28. The SMILES string of the molecule is Cc1cccc(-c2nc(CC(=O)N3CCOC(C)C3)cs2)c1. The van der Waals surface area contributed by atoms with E-state index in [0.717, 1.165) is 16.3 Å². The number of benzene rings is 1. The predicted octanol–water partition coefficient (Wildman–Crippen LogP) is 2.91. The van der Waals surface area contributed by atoms with Crippen molar-refractivity contribution in [1.29, 1.82) is 0 Å². The first kappa shape index (κ1) is 15.2. The number of aromatic nitrogens is 1. The molecule has 0 N–H and O–H groups in total. The molecule has 1 atom stereocenters. The number of nitrogens with zero attached hydrogens (tertiary/aromatic N) is 2. The van der Waals surface area contributed by atoms with Crippen molar-refractivity contribution in [3.8, 4) is 10.6 Å². The number of carbonyl (C=O) groups is 1. The minimum Gasteiger partial charge on any atom is -0.375 e. The van der Waals surface area contributed by atoms with Gasteiger partial charge in [0.15, 0.2) is 0 Å². The first-order chi connectivity index (χ1) is 10.6. The summed E-state index contributed by atoms with van der Waals surface area (Å²) in [5.74, 6) is 0.135. The topological polar surface area (TPSA) is 42.4 Å². The molecule has 1 amide bonds. The second-order valence-electron chi connectivity index (χ2n) is 5.71. The fourth-order valence-electron chi connectivity index (χ4n) is 2.61. The van der Waals surface area contributed by atoms with Crippen molar-refractivity contribution in [2.24, 2.45) is 0 Å². The zero-order chi connectivity index (χ0) is 15.5. The van der Waals surface area contributed by atoms with Gasteiger partial charge in [-0.2, -0.15) is 0 Å². The normalized spacial score (nSPS) is 18.5. The molecule has 0 radical (unpaired) electrons. The lowest BCUT2D eigenvalue weighted by Crippen LogP contribution is -2.45. The Balaban J connectivity index is 1.68. The summed E-state index contributed by atoms with van der Waals surface area (Å²) in [5.41, 5.74) is 3.18. The lowest BCUT2D eigenvalue weighted by molar-refractivity contribution is -0.137. The Morgan fingerprint density at radius 1 is 1.50 bits per heavy atom. The number of morpholine rings is 1. The van der Waals surface area contributed by atoms with Crippen LogP contribution in [-0.2, 0) is 16.0 Å². The highest BCUT2D eigenvalue weighted by Gasteiger charge is 2.22. The second-order valence-corrected chi connectivity index (χ2v) is 6.57. The zero-order valence-electron chi connectivity index (χ0n) is 12.9. The Morgan fingerprint density at radius 3 is 3.14 bits per heavy atom. The monoisotopic (exact) mass is 316 g/mol. The van der Waals surface area contributed by atoms with Crippen LogP contribution in [0.2, 0.25) is 0 Å². The molecule has 1 saturated heterocycles. The van der Waals surface area contributed by atoms with Gasteiger partial charge >= 0.3 is 0 Å². The summed E-state index contributed by atoms with van der Waals surface area (Å²) in [6.45, 7) is 6.05. The van der Waals surface area contributed by atoms with Crippen LogP contribution in [0.25, 0.3) is 10.6 Å². The molecule has 1 aromatic carbocycles. The van der Waals surface area contributed by atoms with Gasteiger partial charge in [-0.3, -0.25) is 4.79 Å². The van der Waals surface area contributed by atoms with Crippen molar-refractivity contribution in [1.82, 2.24) is 9.88 Å². The molecule has 0 bridgehead atoms. The smallest absolute Gasteiger partial charge is 0.228 e. The maximum Gasteiger partial charge on any atom is 0.228 e. The van der Waals surface area contributed by atoms with E-state index in [4.69, 9.17) is 4.74 Å². The average molecular weight is 316 g/mol. The minimum absolute atomic E-state index is 0.121. The van der Waals surface area contributed by atoms with Gasteiger partial charge in [0, 0.05) is 24.0 Å². The van der Waals surface area contributed by atoms with E-state index in [9.17, 15) is 4.79 Å². The fraction of sp³-hybridized carbons (Fsp3) is 0.412. The molecule has 22 heavy (non-hydrogen) atoms. The Labute approximate surface area is 134 Å². The van der Waals surface area contributed by atoms with Crippen LogP contribution in [0, 0.1) is 6.92 Å². The van der Waals surface area contributed by atoms with Crippen LogP contribution in [0.3, 0.4) is 0 Å². The van der Waals surface area contributed by atoms with Crippen LogP contribution < -0.4 is 0 Å². The third kappa shape index (κ3) is 3.54. The molecule has 1 unspecified atom stereocenters.